The molecule has 0 bridgehead atoms. The van der Waals surface area contributed by atoms with Crippen LogP contribution in [0.25, 0.3) is 0 Å². The molecule has 196 valence electrons. The zero-order valence-corrected chi connectivity index (χ0v) is 24.2. The number of hydrogen-bond acceptors (Lipinski definition) is 6. The SMILES string of the molecule is C=C(/C=C\CCC(=O)c1cc2c(cc1CCCO[Si](C)(C)C(C)(C)C(C)C)OCO2)S(=O)(=O)CC. The van der Waals surface area contributed by atoms with Crippen LogP contribution in [0.2, 0.25) is 18.1 Å². The van der Waals surface area contributed by atoms with E-state index >= 15 is 0 Å². The first kappa shape index (κ1) is 29.3. The molecule has 35 heavy (non-hydrogen) atoms. The van der Waals surface area contributed by atoms with E-state index < -0.39 is 18.2 Å². The first-order valence-electron chi connectivity index (χ1n) is 12.4. The third kappa shape index (κ3) is 7.30. The fraction of sp³-hybridized carbons (Fsp3) is 0.593. The quantitative estimate of drug-likeness (QED) is 0.121. The van der Waals surface area contributed by atoms with Crippen molar-refractivity contribution >= 4 is 23.9 Å². The zero-order valence-electron chi connectivity index (χ0n) is 22.4. The number of hydrogen-bond donors (Lipinski definition) is 0. The molecule has 0 spiro atoms. The molecule has 0 radical (unpaired) electrons. The summed E-state index contributed by atoms with van der Waals surface area (Å²) in [4.78, 5) is 13.1. The number of fused-ring (bicyclic) bond motifs is 1. The molecule has 1 heterocycles. The zero-order chi connectivity index (χ0) is 26.4. The molecular formula is C27H42O6SSi. The summed E-state index contributed by atoms with van der Waals surface area (Å²) in [6, 6.07) is 3.67. The molecule has 0 aliphatic carbocycles. The van der Waals surface area contributed by atoms with E-state index in [1.807, 2.05) is 6.07 Å². The Balaban J connectivity index is 2.05. The van der Waals surface area contributed by atoms with Gasteiger partial charge in [-0.2, -0.15) is 0 Å². The van der Waals surface area contributed by atoms with Crippen LogP contribution in [-0.2, 0) is 20.7 Å². The maximum absolute atomic E-state index is 13.1. The van der Waals surface area contributed by atoms with Crippen LogP contribution >= 0.6 is 0 Å². The number of ether oxygens (including phenoxy) is 2. The van der Waals surface area contributed by atoms with Gasteiger partial charge in [-0.05, 0) is 67.1 Å². The van der Waals surface area contributed by atoms with Gasteiger partial charge in [0.05, 0.1) is 10.7 Å². The van der Waals surface area contributed by atoms with Gasteiger partial charge in [-0.15, -0.1) is 0 Å². The van der Waals surface area contributed by atoms with Crippen molar-refractivity contribution in [3.63, 3.8) is 0 Å². The summed E-state index contributed by atoms with van der Waals surface area (Å²) < 4.78 is 41.1. The van der Waals surface area contributed by atoms with Gasteiger partial charge in [0, 0.05) is 18.6 Å². The number of ketones is 1. The Bertz CT molecular complexity index is 1050. The van der Waals surface area contributed by atoms with Crippen molar-refractivity contribution in [3.8, 4) is 11.5 Å². The lowest BCUT2D eigenvalue weighted by Gasteiger charge is -2.42. The number of rotatable bonds is 14. The highest BCUT2D eigenvalue weighted by molar-refractivity contribution is 7.95. The Morgan fingerprint density at radius 1 is 1.23 bits per heavy atom. The van der Waals surface area contributed by atoms with Gasteiger partial charge in [-0.25, -0.2) is 8.42 Å². The number of benzene rings is 1. The summed E-state index contributed by atoms with van der Waals surface area (Å²) in [7, 11) is -5.21. The summed E-state index contributed by atoms with van der Waals surface area (Å²) in [5.41, 5.74) is 1.55. The van der Waals surface area contributed by atoms with Crippen LogP contribution in [0.15, 0.2) is 35.8 Å². The lowest BCUT2D eigenvalue weighted by atomic mass is 9.96. The van der Waals surface area contributed by atoms with Crippen molar-refractivity contribution in [2.24, 2.45) is 5.92 Å². The average molecular weight is 523 g/mol. The van der Waals surface area contributed by atoms with E-state index in [2.05, 4.69) is 47.4 Å². The fourth-order valence-electron chi connectivity index (χ4n) is 3.77. The molecule has 2 rings (SSSR count). The normalized spacial score (nSPS) is 14.2. The van der Waals surface area contributed by atoms with Gasteiger partial charge < -0.3 is 13.9 Å². The highest BCUT2D eigenvalue weighted by atomic mass is 32.2. The van der Waals surface area contributed by atoms with Gasteiger partial charge in [-0.3, -0.25) is 4.79 Å². The lowest BCUT2D eigenvalue weighted by molar-refractivity contribution is 0.0982. The van der Waals surface area contributed by atoms with Crippen LogP contribution in [0.1, 0.15) is 69.8 Å². The van der Waals surface area contributed by atoms with E-state index in [-0.39, 0.29) is 34.7 Å². The van der Waals surface area contributed by atoms with Gasteiger partial charge in [0.25, 0.3) is 0 Å². The van der Waals surface area contributed by atoms with Crippen LogP contribution in [0, 0.1) is 5.92 Å². The maximum atomic E-state index is 13.1. The molecule has 1 aromatic carbocycles. The van der Waals surface area contributed by atoms with Crippen molar-refractivity contribution in [2.45, 2.75) is 78.4 Å². The van der Waals surface area contributed by atoms with Gasteiger partial charge in [0.15, 0.2) is 35.4 Å². The third-order valence-electron chi connectivity index (χ3n) is 7.57. The molecule has 1 aromatic rings. The summed E-state index contributed by atoms with van der Waals surface area (Å²) in [6.45, 7) is 19.6. The Hall–Kier alpha value is -1.90. The molecule has 1 aliphatic heterocycles. The summed E-state index contributed by atoms with van der Waals surface area (Å²) in [5, 5.41) is 0.155. The number of allylic oxidation sites excluding steroid dienone is 2. The van der Waals surface area contributed by atoms with E-state index in [0.29, 0.717) is 42.4 Å². The second kappa shape index (κ2) is 11.9. The minimum Gasteiger partial charge on any atom is -0.454 e. The Morgan fingerprint density at radius 2 is 1.86 bits per heavy atom. The van der Waals surface area contributed by atoms with Crippen molar-refractivity contribution in [1.82, 2.24) is 0 Å². The number of sulfone groups is 1. The van der Waals surface area contributed by atoms with E-state index in [9.17, 15) is 13.2 Å². The van der Waals surface area contributed by atoms with Crippen LogP contribution in [0.3, 0.4) is 0 Å². The standard InChI is InChI=1S/C27H42O6SSi/c1-9-34(29,30)21(4)13-10-11-15-24(28)23-18-26-25(31-19-32-26)17-22(23)14-12-16-33-35(7,8)27(5,6)20(2)3/h10,13,17-18,20H,4,9,11-12,14-16,19H2,1-3,5-8H3/b13-10-. The molecule has 0 amide bonds. The minimum absolute atomic E-state index is 0.00795. The molecule has 0 fully saturated rings. The summed E-state index contributed by atoms with van der Waals surface area (Å²) in [5.74, 6) is 1.78. The van der Waals surface area contributed by atoms with E-state index in [1.165, 1.54) is 6.08 Å². The lowest BCUT2D eigenvalue weighted by Crippen LogP contribution is -2.45. The van der Waals surface area contributed by atoms with Gasteiger partial charge in [0.2, 0.25) is 6.79 Å². The first-order chi connectivity index (χ1) is 16.2. The largest absolute Gasteiger partial charge is 0.454 e. The summed E-state index contributed by atoms with van der Waals surface area (Å²) in [6.07, 6.45) is 5.37. The number of carbonyl (C=O) groups is 1. The molecule has 0 unspecified atom stereocenters. The number of aryl methyl sites for hydroxylation is 1. The number of Topliss-reactive ketones (excluding diaryl/α,β-unsaturated/α-hetero) is 1. The van der Waals surface area contributed by atoms with Crippen LogP contribution in [0.4, 0.5) is 0 Å². The number of carbonyl (C=O) groups excluding carboxylic acids is 1. The predicted octanol–water partition coefficient (Wildman–Crippen LogP) is 6.47. The van der Waals surface area contributed by atoms with Crippen LogP contribution in [0.5, 0.6) is 11.5 Å². The molecule has 0 atom stereocenters. The second-order valence-electron chi connectivity index (χ2n) is 10.4. The summed E-state index contributed by atoms with van der Waals surface area (Å²) >= 11 is 0. The molecule has 8 heteroatoms. The maximum Gasteiger partial charge on any atom is 0.231 e. The highest BCUT2D eigenvalue weighted by Gasteiger charge is 2.43. The van der Waals surface area contributed by atoms with Crippen LogP contribution < -0.4 is 9.47 Å². The van der Waals surface area contributed by atoms with E-state index in [4.69, 9.17) is 13.9 Å². The van der Waals surface area contributed by atoms with Gasteiger partial charge in [0.1, 0.15) is 0 Å². The molecule has 6 nitrogen and oxygen atoms in total. The van der Waals surface area contributed by atoms with Crippen molar-refractivity contribution in [3.05, 3.63) is 46.9 Å². The molecule has 0 N–H and O–H groups in total. The van der Waals surface area contributed by atoms with Crippen molar-refractivity contribution in [2.75, 3.05) is 19.2 Å². The Kier molecular flexibility index (Phi) is 9.96. The highest BCUT2D eigenvalue weighted by Crippen LogP contribution is 2.44. The molecule has 0 aromatic heterocycles. The fourth-order valence-corrected chi connectivity index (χ4v) is 6.87. The monoisotopic (exact) mass is 522 g/mol. The molecule has 0 saturated heterocycles. The Labute approximate surface area is 212 Å². The predicted molar refractivity (Wildman–Crippen MR) is 145 cm³/mol. The average Bonchev–Trinajstić information content (AvgIpc) is 3.25. The molecule has 1 aliphatic rings. The second-order valence-corrected chi connectivity index (χ2v) is 17.4. The van der Waals surface area contributed by atoms with Gasteiger partial charge >= 0.3 is 0 Å². The van der Waals surface area contributed by atoms with Crippen LogP contribution in [-0.4, -0.2) is 41.7 Å². The van der Waals surface area contributed by atoms with Gasteiger partial charge in [-0.1, -0.05) is 47.3 Å². The first-order valence-corrected chi connectivity index (χ1v) is 17.0. The third-order valence-corrected chi connectivity index (χ3v) is 13.9. The minimum atomic E-state index is -3.31. The molecular weight excluding hydrogens is 480 g/mol. The molecule has 0 saturated carbocycles. The van der Waals surface area contributed by atoms with E-state index in [0.717, 1.165) is 12.0 Å². The smallest absolute Gasteiger partial charge is 0.231 e. The van der Waals surface area contributed by atoms with Crippen molar-refractivity contribution in [1.29, 1.82) is 0 Å². The Morgan fingerprint density at radius 3 is 2.46 bits per heavy atom. The topological polar surface area (TPSA) is 78.9 Å². The van der Waals surface area contributed by atoms with E-state index in [1.54, 1.807) is 19.1 Å². The van der Waals surface area contributed by atoms with Crippen molar-refractivity contribution < 1.29 is 27.1 Å².